The zero-order valence-electron chi connectivity index (χ0n) is 16.4. The van der Waals surface area contributed by atoms with Crippen LogP contribution in [0.3, 0.4) is 0 Å². The highest BCUT2D eigenvalue weighted by Crippen LogP contribution is 2.29. The van der Waals surface area contributed by atoms with Gasteiger partial charge in [0.05, 0.1) is 22.4 Å². The number of carbonyl (C=O) groups is 1. The average Bonchev–Trinajstić information content (AvgIpc) is 2.68. The fraction of sp³-hybridized carbons (Fsp3) is 0.316. The van der Waals surface area contributed by atoms with Crippen LogP contribution in [0, 0.1) is 10.1 Å². The van der Waals surface area contributed by atoms with Gasteiger partial charge in [-0.15, -0.1) is 0 Å². The number of nitrogens with zero attached hydrogens (tertiary/aromatic N) is 2. The largest absolute Gasteiger partial charge is 0.416 e. The lowest BCUT2D eigenvalue weighted by molar-refractivity contribution is -0.384. The van der Waals surface area contributed by atoms with Gasteiger partial charge < -0.3 is 5.32 Å². The van der Waals surface area contributed by atoms with Crippen molar-refractivity contribution in [3.05, 3.63) is 69.8 Å². The molecule has 0 heterocycles. The van der Waals surface area contributed by atoms with Crippen LogP contribution in [0.15, 0.2) is 48.5 Å². The van der Waals surface area contributed by atoms with Crippen molar-refractivity contribution >= 4 is 27.3 Å². The molecule has 0 saturated heterocycles. The minimum Gasteiger partial charge on any atom is -0.352 e. The van der Waals surface area contributed by atoms with Crippen molar-refractivity contribution in [2.24, 2.45) is 0 Å². The van der Waals surface area contributed by atoms with Gasteiger partial charge in [-0.1, -0.05) is 18.2 Å². The summed E-state index contributed by atoms with van der Waals surface area (Å²) in [7, 11) is -3.76. The van der Waals surface area contributed by atoms with E-state index >= 15 is 0 Å². The first kappa shape index (κ1) is 24.1. The molecule has 0 atom stereocenters. The molecule has 0 aliphatic heterocycles. The molecule has 1 N–H and O–H groups in total. The van der Waals surface area contributed by atoms with Gasteiger partial charge in [0.2, 0.25) is 15.9 Å². The average molecular weight is 459 g/mol. The van der Waals surface area contributed by atoms with E-state index in [0.29, 0.717) is 0 Å². The molecule has 0 radical (unpaired) electrons. The van der Waals surface area contributed by atoms with E-state index in [9.17, 15) is 36.5 Å². The Bertz CT molecular complexity index is 1060. The van der Waals surface area contributed by atoms with Crippen molar-refractivity contribution in [2.75, 3.05) is 17.1 Å². The van der Waals surface area contributed by atoms with Crippen molar-refractivity contribution in [3.8, 4) is 0 Å². The number of sulfonamides is 1. The summed E-state index contributed by atoms with van der Waals surface area (Å²) in [5.41, 5.74) is -0.719. The Hall–Kier alpha value is -3.15. The summed E-state index contributed by atoms with van der Waals surface area (Å²) in [5, 5.41) is 13.4. The highest BCUT2D eigenvalue weighted by Gasteiger charge is 2.30. The highest BCUT2D eigenvalue weighted by atomic mass is 32.2. The fourth-order valence-electron chi connectivity index (χ4n) is 2.78. The molecule has 0 saturated carbocycles. The Kier molecular flexibility index (Phi) is 7.60. The number of halogens is 3. The quantitative estimate of drug-likeness (QED) is 0.456. The fourth-order valence-corrected chi connectivity index (χ4v) is 3.74. The molecule has 0 bridgehead atoms. The molecular weight excluding hydrogens is 439 g/mol. The van der Waals surface area contributed by atoms with Crippen LogP contribution in [-0.4, -0.2) is 32.0 Å². The molecule has 0 aliphatic rings. The smallest absolute Gasteiger partial charge is 0.352 e. The summed E-state index contributed by atoms with van der Waals surface area (Å²) in [6.07, 6.45) is -3.52. The molecule has 1 amide bonds. The summed E-state index contributed by atoms with van der Waals surface area (Å²) in [6, 6.07) is 9.67. The normalized spacial score (nSPS) is 11.7. The minimum absolute atomic E-state index is 0.0834. The van der Waals surface area contributed by atoms with Gasteiger partial charge in [0.25, 0.3) is 5.69 Å². The Balaban J connectivity index is 1.95. The molecule has 168 valence electrons. The van der Waals surface area contributed by atoms with Gasteiger partial charge in [-0.3, -0.25) is 19.2 Å². The van der Waals surface area contributed by atoms with Crippen LogP contribution < -0.4 is 9.62 Å². The number of hydrogen-bond acceptors (Lipinski definition) is 5. The lowest BCUT2D eigenvalue weighted by atomic mass is 10.1. The lowest BCUT2D eigenvalue weighted by Gasteiger charge is -2.22. The zero-order valence-corrected chi connectivity index (χ0v) is 17.2. The van der Waals surface area contributed by atoms with Crippen LogP contribution in [0.5, 0.6) is 0 Å². The van der Waals surface area contributed by atoms with Crippen molar-refractivity contribution in [2.45, 2.75) is 25.6 Å². The van der Waals surface area contributed by atoms with E-state index in [0.717, 1.165) is 28.8 Å². The molecule has 2 aromatic rings. The third-order valence-corrected chi connectivity index (χ3v) is 5.43. The third-order valence-electron chi connectivity index (χ3n) is 4.24. The number of hydrogen-bond donors (Lipinski definition) is 1. The van der Waals surface area contributed by atoms with Gasteiger partial charge in [-0.2, -0.15) is 13.2 Å². The first-order chi connectivity index (χ1) is 14.4. The SMILES string of the molecule is CS(=O)(=O)N(CCCC(=O)NCc1cccc(C(F)(F)F)c1)c1cccc([N+](=O)[O-])c1. The number of rotatable bonds is 9. The lowest BCUT2D eigenvalue weighted by Crippen LogP contribution is -2.32. The second kappa shape index (κ2) is 9.77. The van der Waals surface area contributed by atoms with Crippen LogP contribution in [0.1, 0.15) is 24.0 Å². The molecule has 0 aliphatic carbocycles. The number of nitro groups is 1. The Morgan fingerprint density at radius 1 is 1.16 bits per heavy atom. The third kappa shape index (κ3) is 7.24. The first-order valence-corrected chi connectivity index (χ1v) is 10.9. The van der Waals surface area contributed by atoms with Crippen molar-refractivity contribution < 1.29 is 31.3 Å². The summed E-state index contributed by atoms with van der Waals surface area (Å²) in [4.78, 5) is 22.3. The minimum atomic E-state index is -4.48. The maximum Gasteiger partial charge on any atom is 0.416 e. The van der Waals surface area contributed by atoms with Gasteiger partial charge in [-0.05, 0) is 30.2 Å². The number of alkyl halides is 3. The van der Waals surface area contributed by atoms with Gasteiger partial charge >= 0.3 is 6.18 Å². The zero-order chi connectivity index (χ0) is 23.2. The van der Waals surface area contributed by atoms with E-state index in [1.165, 1.54) is 30.3 Å². The van der Waals surface area contributed by atoms with Crippen LogP contribution in [0.4, 0.5) is 24.5 Å². The second-order valence-corrected chi connectivity index (χ2v) is 8.60. The van der Waals surface area contributed by atoms with Gasteiger partial charge in [0.1, 0.15) is 0 Å². The number of anilines is 1. The topological polar surface area (TPSA) is 110 Å². The van der Waals surface area contributed by atoms with E-state index in [4.69, 9.17) is 0 Å². The number of amides is 1. The Labute approximate surface area is 176 Å². The van der Waals surface area contributed by atoms with Gasteiger partial charge in [0.15, 0.2) is 0 Å². The van der Waals surface area contributed by atoms with E-state index in [1.807, 2.05) is 0 Å². The molecule has 0 aromatic heterocycles. The maximum atomic E-state index is 12.7. The standard InChI is InChI=1S/C19H20F3N3O5S/c1-31(29,30)24(16-7-3-8-17(12-16)25(27)28)10-4-9-18(26)23-13-14-5-2-6-15(11-14)19(20,21)22/h2-3,5-8,11-12H,4,9-10,13H2,1H3,(H,23,26). The number of non-ortho nitro benzene ring substituents is 1. The number of carbonyl (C=O) groups excluding carboxylic acids is 1. The van der Waals surface area contributed by atoms with Crippen LogP contribution >= 0.6 is 0 Å². The Morgan fingerprint density at radius 3 is 2.45 bits per heavy atom. The summed E-state index contributed by atoms with van der Waals surface area (Å²) in [5.74, 6) is -0.468. The molecule has 2 rings (SSSR count). The van der Waals surface area contributed by atoms with Crippen molar-refractivity contribution in [1.29, 1.82) is 0 Å². The van der Waals surface area contributed by atoms with Crippen LogP contribution in [0.25, 0.3) is 0 Å². The van der Waals surface area contributed by atoms with E-state index in [1.54, 1.807) is 0 Å². The van der Waals surface area contributed by atoms with Crippen LogP contribution in [-0.2, 0) is 27.5 Å². The number of benzene rings is 2. The summed E-state index contributed by atoms with van der Waals surface area (Å²) in [6.45, 7) is -0.208. The molecule has 8 nitrogen and oxygen atoms in total. The van der Waals surface area contributed by atoms with E-state index in [-0.39, 0.29) is 42.9 Å². The van der Waals surface area contributed by atoms with E-state index < -0.39 is 32.6 Å². The maximum absolute atomic E-state index is 12.7. The first-order valence-electron chi connectivity index (χ1n) is 9.03. The molecule has 2 aromatic carbocycles. The van der Waals surface area contributed by atoms with Gasteiger partial charge in [0, 0.05) is 31.6 Å². The van der Waals surface area contributed by atoms with Gasteiger partial charge in [-0.25, -0.2) is 8.42 Å². The van der Waals surface area contributed by atoms with E-state index in [2.05, 4.69) is 5.32 Å². The molecule has 31 heavy (non-hydrogen) atoms. The predicted octanol–water partition coefficient (Wildman–Crippen LogP) is 3.48. The predicted molar refractivity (Wildman–Crippen MR) is 108 cm³/mol. The molecule has 0 fully saturated rings. The number of nitro benzene ring substituents is 1. The molecule has 12 heteroatoms. The summed E-state index contributed by atoms with van der Waals surface area (Å²) >= 11 is 0. The molecular formula is C19H20F3N3O5S. The highest BCUT2D eigenvalue weighted by molar-refractivity contribution is 7.92. The molecule has 0 unspecified atom stereocenters. The summed E-state index contributed by atoms with van der Waals surface area (Å²) < 4.78 is 63.3. The van der Waals surface area contributed by atoms with Crippen LogP contribution in [0.2, 0.25) is 0 Å². The Morgan fingerprint density at radius 2 is 1.84 bits per heavy atom. The monoisotopic (exact) mass is 459 g/mol. The van der Waals surface area contributed by atoms with Crippen molar-refractivity contribution in [3.63, 3.8) is 0 Å². The molecule has 0 spiro atoms. The number of nitrogens with one attached hydrogen (secondary N) is 1. The second-order valence-electron chi connectivity index (χ2n) is 6.69. The van der Waals surface area contributed by atoms with Crippen molar-refractivity contribution in [1.82, 2.24) is 5.32 Å².